The van der Waals surface area contributed by atoms with Crippen molar-refractivity contribution >= 4 is 6.08 Å². The second-order valence-corrected chi connectivity index (χ2v) is 6.33. The smallest absolute Gasteiger partial charge is 0.166 e. The van der Waals surface area contributed by atoms with Gasteiger partial charge in [0.05, 0.1) is 6.61 Å². The van der Waals surface area contributed by atoms with Gasteiger partial charge in [-0.05, 0) is 49.5 Å². The lowest BCUT2D eigenvalue weighted by atomic mass is 10.0. The highest BCUT2D eigenvalue weighted by molar-refractivity contribution is 5.51. The standard InChI is InChI=1S/C25H27F3O/c1-7-9-21-14-15-22(25(28)24(21)27)13-11-17(3)10-12-18(4)19(5)16-23(26)20(6)29-8-2/h7,9-10,12,14-16H,3-6,8,11,13H2,1-2H3/b9-7+,12-10-,23-16+. The van der Waals surface area contributed by atoms with E-state index in [4.69, 9.17) is 4.74 Å². The second kappa shape index (κ2) is 11.7. The van der Waals surface area contributed by atoms with Gasteiger partial charge in [0.1, 0.15) is 5.76 Å². The number of benzene rings is 1. The Morgan fingerprint density at radius 2 is 1.72 bits per heavy atom. The van der Waals surface area contributed by atoms with Gasteiger partial charge in [0.15, 0.2) is 17.5 Å². The zero-order chi connectivity index (χ0) is 22.0. The van der Waals surface area contributed by atoms with Gasteiger partial charge in [-0.25, -0.2) is 13.2 Å². The Balaban J connectivity index is 2.69. The normalized spacial score (nSPS) is 11.8. The van der Waals surface area contributed by atoms with E-state index in [1.165, 1.54) is 12.2 Å². The molecule has 0 spiro atoms. The topological polar surface area (TPSA) is 9.23 Å². The number of allylic oxidation sites excluding steroid dienone is 8. The molecule has 0 radical (unpaired) electrons. The number of aryl methyl sites for hydroxylation is 1. The molecule has 0 saturated carbocycles. The fraction of sp³-hybridized carbons (Fsp3) is 0.200. The molecule has 0 N–H and O–H groups in total. The molecule has 0 bridgehead atoms. The van der Waals surface area contributed by atoms with Crippen molar-refractivity contribution in [1.82, 2.24) is 0 Å². The monoisotopic (exact) mass is 400 g/mol. The molecule has 29 heavy (non-hydrogen) atoms. The average molecular weight is 400 g/mol. The highest BCUT2D eigenvalue weighted by atomic mass is 19.2. The van der Waals surface area contributed by atoms with E-state index < -0.39 is 17.5 Å². The van der Waals surface area contributed by atoms with E-state index in [1.807, 2.05) is 0 Å². The lowest BCUT2D eigenvalue weighted by molar-refractivity contribution is 0.226. The first-order chi connectivity index (χ1) is 13.7. The second-order valence-electron chi connectivity index (χ2n) is 6.33. The summed E-state index contributed by atoms with van der Waals surface area (Å²) >= 11 is 0. The summed E-state index contributed by atoms with van der Waals surface area (Å²) in [5.41, 5.74) is 2.04. The third kappa shape index (κ3) is 7.49. The van der Waals surface area contributed by atoms with Crippen molar-refractivity contribution in [2.24, 2.45) is 0 Å². The van der Waals surface area contributed by atoms with Gasteiger partial charge in [0.2, 0.25) is 0 Å². The molecular formula is C25H27F3O. The zero-order valence-electron chi connectivity index (χ0n) is 17.0. The van der Waals surface area contributed by atoms with Crippen LogP contribution in [0.2, 0.25) is 0 Å². The minimum Gasteiger partial charge on any atom is -0.491 e. The molecule has 0 amide bonds. The Kier molecular flexibility index (Phi) is 9.73. The zero-order valence-corrected chi connectivity index (χ0v) is 17.0. The minimum atomic E-state index is -0.853. The first kappa shape index (κ1) is 24.0. The van der Waals surface area contributed by atoms with Crippen molar-refractivity contribution in [2.45, 2.75) is 26.7 Å². The van der Waals surface area contributed by atoms with Crippen molar-refractivity contribution in [3.05, 3.63) is 114 Å². The molecule has 0 unspecified atom stereocenters. The first-order valence-electron chi connectivity index (χ1n) is 9.24. The molecule has 1 rings (SSSR count). The molecule has 154 valence electrons. The Bertz CT molecular complexity index is 886. The Labute approximate surface area is 171 Å². The molecule has 0 aliphatic carbocycles. The maximum absolute atomic E-state index is 14.2. The van der Waals surface area contributed by atoms with Crippen molar-refractivity contribution < 1.29 is 17.9 Å². The lowest BCUT2D eigenvalue weighted by Crippen LogP contribution is -1.97. The van der Waals surface area contributed by atoms with Gasteiger partial charge < -0.3 is 4.74 Å². The average Bonchev–Trinajstić information content (AvgIpc) is 2.69. The fourth-order valence-electron chi connectivity index (χ4n) is 2.38. The Morgan fingerprint density at radius 1 is 1.03 bits per heavy atom. The highest BCUT2D eigenvalue weighted by Gasteiger charge is 2.11. The van der Waals surface area contributed by atoms with E-state index in [-0.39, 0.29) is 16.9 Å². The predicted octanol–water partition coefficient (Wildman–Crippen LogP) is 7.56. The summed E-state index contributed by atoms with van der Waals surface area (Å²) in [5, 5.41) is 0. The molecule has 1 aromatic carbocycles. The van der Waals surface area contributed by atoms with E-state index in [1.54, 1.807) is 44.2 Å². The van der Waals surface area contributed by atoms with E-state index in [2.05, 4.69) is 26.3 Å². The molecule has 0 aliphatic rings. The SMILES string of the molecule is C=C(/C=C\C(=C)C(=C)/C=C(/F)C(=C)OCC)CCc1ccc(/C=C/C)c(F)c1F. The van der Waals surface area contributed by atoms with Gasteiger partial charge in [0, 0.05) is 5.56 Å². The summed E-state index contributed by atoms with van der Waals surface area (Å²) in [6.45, 7) is 18.8. The van der Waals surface area contributed by atoms with Crippen LogP contribution in [0.5, 0.6) is 0 Å². The van der Waals surface area contributed by atoms with Crippen molar-refractivity contribution in [3.63, 3.8) is 0 Å². The molecule has 0 atom stereocenters. The molecule has 1 aromatic rings. The van der Waals surface area contributed by atoms with Crippen LogP contribution in [0.3, 0.4) is 0 Å². The van der Waals surface area contributed by atoms with Crippen molar-refractivity contribution in [1.29, 1.82) is 0 Å². The highest BCUT2D eigenvalue weighted by Crippen LogP contribution is 2.21. The quantitative estimate of drug-likeness (QED) is 0.275. The van der Waals surface area contributed by atoms with Crippen LogP contribution in [0, 0.1) is 11.6 Å². The Morgan fingerprint density at radius 3 is 2.34 bits per heavy atom. The van der Waals surface area contributed by atoms with Crippen LogP contribution in [0.25, 0.3) is 6.08 Å². The molecular weight excluding hydrogens is 373 g/mol. The number of hydrogen-bond donors (Lipinski definition) is 0. The largest absolute Gasteiger partial charge is 0.491 e. The lowest BCUT2D eigenvalue weighted by Gasteiger charge is -2.07. The summed E-state index contributed by atoms with van der Waals surface area (Å²) in [4.78, 5) is 0. The summed E-state index contributed by atoms with van der Waals surface area (Å²) in [6.07, 6.45) is 8.43. The molecule has 0 aromatic heterocycles. The summed E-state index contributed by atoms with van der Waals surface area (Å²) in [6, 6.07) is 3.12. The van der Waals surface area contributed by atoms with Crippen molar-refractivity contribution in [2.75, 3.05) is 6.61 Å². The van der Waals surface area contributed by atoms with Gasteiger partial charge in [-0.15, -0.1) is 0 Å². The van der Waals surface area contributed by atoms with Gasteiger partial charge >= 0.3 is 0 Å². The molecule has 0 heterocycles. The van der Waals surface area contributed by atoms with Crippen molar-refractivity contribution in [3.8, 4) is 0 Å². The molecule has 1 nitrogen and oxygen atoms in total. The van der Waals surface area contributed by atoms with E-state index in [9.17, 15) is 13.2 Å². The first-order valence-corrected chi connectivity index (χ1v) is 9.24. The maximum Gasteiger partial charge on any atom is 0.166 e. The third-order valence-electron chi connectivity index (χ3n) is 4.07. The molecule has 0 aliphatic heterocycles. The molecule has 0 saturated heterocycles. The van der Waals surface area contributed by atoms with Gasteiger partial charge in [-0.1, -0.05) is 68.3 Å². The van der Waals surface area contributed by atoms with E-state index in [0.717, 1.165) is 0 Å². The summed E-state index contributed by atoms with van der Waals surface area (Å²) in [7, 11) is 0. The Hall–Kier alpha value is -3.01. The van der Waals surface area contributed by atoms with Gasteiger partial charge in [0.25, 0.3) is 0 Å². The van der Waals surface area contributed by atoms with Crippen LogP contribution in [0.15, 0.2) is 91.1 Å². The summed E-state index contributed by atoms with van der Waals surface area (Å²) in [5.74, 6) is -2.38. The molecule has 4 heteroatoms. The minimum absolute atomic E-state index is 0.0652. The van der Waals surface area contributed by atoms with Crippen LogP contribution in [0.1, 0.15) is 31.4 Å². The number of ether oxygens (including phenoxy) is 1. The van der Waals surface area contributed by atoms with Crippen LogP contribution < -0.4 is 0 Å². The predicted molar refractivity (Wildman–Crippen MR) is 116 cm³/mol. The number of hydrogen-bond acceptors (Lipinski definition) is 1. The van der Waals surface area contributed by atoms with Crippen LogP contribution in [-0.2, 0) is 11.2 Å². The van der Waals surface area contributed by atoms with E-state index >= 15 is 0 Å². The van der Waals surface area contributed by atoms with E-state index in [0.29, 0.717) is 36.2 Å². The number of halogens is 3. The fourth-order valence-corrected chi connectivity index (χ4v) is 2.38. The summed E-state index contributed by atoms with van der Waals surface area (Å²) < 4.78 is 47.0. The maximum atomic E-state index is 14.2. The van der Waals surface area contributed by atoms with Gasteiger partial charge in [-0.2, -0.15) is 0 Å². The van der Waals surface area contributed by atoms with Crippen LogP contribution >= 0.6 is 0 Å². The van der Waals surface area contributed by atoms with Crippen LogP contribution in [-0.4, -0.2) is 6.61 Å². The molecule has 0 fully saturated rings. The van der Waals surface area contributed by atoms with Crippen LogP contribution in [0.4, 0.5) is 13.2 Å². The van der Waals surface area contributed by atoms with Gasteiger partial charge in [-0.3, -0.25) is 0 Å². The number of rotatable bonds is 11. The third-order valence-corrected chi connectivity index (χ3v) is 4.07.